The highest BCUT2D eigenvalue weighted by Gasteiger charge is 2.36. The molecule has 0 aromatic carbocycles. The molecule has 102 valence electrons. The van der Waals surface area contributed by atoms with Crippen LogP contribution in [0, 0.1) is 0 Å². The van der Waals surface area contributed by atoms with Crippen molar-refractivity contribution in [3.63, 3.8) is 0 Å². The van der Waals surface area contributed by atoms with Crippen LogP contribution in [0.3, 0.4) is 0 Å². The maximum atomic E-state index is 13.6. The number of nitrogens with zero attached hydrogens (tertiary/aromatic N) is 2. The number of amidine groups is 1. The standard InChI is InChI=1S/C11H18FN3O3/c1-13-10(14-7-17)3-4-15(2)11-9(12)5-8(6-16)18-11/h3-4,7-9,11,16H,5-6H2,1-2H3,(H,13,14,17)/b4-3-. The number of halogens is 1. The Morgan fingerprint density at radius 2 is 2.44 bits per heavy atom. The second-order valence-electron chi connectivity index (χ2n) is 3.93. The summed E-state index contributed by atoms with van der Waals surface area (Å²) < 4.78 is 18.9. The van der Waals surface area contributed by atoms with Crippen LogP contribution in [0.25, 0.3) is 0 Å². The zero-order chi connectivity index (χ0) is 13.5. The Bertz CT molecular complexity index is 335. The van der Waals surface area contributed by atoms with Gasteiger partial charge >= 0.3 is 0 Å². The summed E-state index contributed by atoms with van der Waals surface area (Å²) in [7, 11) is 3.28. The Hall–Kier alpha value is -1.47. The van der Waals surface area contributed by atoms with Crippen LogP contribution in [0.5, 0.6) is 0 Å². The minimum Gasteiger partial charge on any atom is -0.394 e. The zero-order valence-corrected chi connectivity index (χ0v) is 10.4. The number of carbonyl (C=O) groups excluding carboxylic acids is 1. The third kappa shape index (κ3) is 3.78. The first-order valence-electron chi connectivity index (χ1n) is 5.62. The van der Waals surface area contributed by atoms with Crippen molar-refractivity contribution in [1.29, 1.82) is 0 Å². The predicted molar refractivity (Wildman–Crippen MR) is 64.7 cm³/mol. The second kappa shape index (κ2) is 7.07. The average molecular weight is 259 g/mol. The quantitative estimate of drug-likeness (QED) is 0.401. The molecule has 1 aliphatic rings. The lowest BCUT2D eigenvalue weighted by molar-refractivity contribution is -0.106. The molecule has 7 heteroatoms. The normalized spacial score (nSPS) is 28.7. The van der Waals surface area contributed by atoms with E-state index >= 15 is 0 Å². The van der Waals surface area contributed by atoms with Crippen molar-refractivity contribution < 1.29 is 19.0 Å². The molecule has 6 nitrogen and oxygen atoms in total. The number of likely N-dealkylation sites (N-methyl/N-ethyl adjacent to an activating group) is 1. The molecule has 1 rings (SSSR count). The van der Waals surface area contributed by atoms with Gasteiger partial charge in [-0.2, -0.15) is 4.99 Å². The van der Waals surface area contributed by atoms with Gasteiger partial charge < -0.3 is 20.1 Å². The molecule has 0 bridgehead atoms. The SMILES string of the molecule is CNC(/C=C\N(C)C1OC(CO)CC1F)=N/C=O. The van der Waals surface area contributed by atoms with Gasteiger partial charge in [-0.25, -0.2) is 4.39 Å². The second-order valence-corrected chi connectivity index (χ2v) is 3.93. The van der Waals surface area contributed by atoms with Gasteiger partial charge in [0.15, 0.2) is 6.23 Å². The van der Waals surface area contributed by atoms with E-state index in [-0.39, 0.29) is 13.0 Å². The van der Waals surface area contributed by atoms with Gasteiger partial charge in [0.05, 0.1) is 12.7 Å². The van der Waals surface area contributed by atoms with E-state index in [1.165, 1.54) is 11.0 Å². The molecule has 0 spiro atoms. The van der Waals surface area contributed by atoms with Crippen molar-refractivity contribution in [2.45, 2.75) is 24.9 Å². The smallest absolute Gasteiger partial charge is 0.234 e. The Labute approximate surface area is 105 Å². The number of alkyl halides is 1. The van der Waals surface area contributed by atoms with Crippen molar-refractivity contribution in [3.05, 3.63) is 12.3 Å². The molecule has 0 aromatic rings. The third-order valence-electron chi connectivity index (χ3n) is 2.65. The number of rotatable bonds is 5. The van der Waals surface area contributed by atoms with E-state index in [0.717, 1.165) is 0 Å². The summed E-state index contributed by atoms with van der Waals surface area (Å²) in [6.07, 6.45) is 1.36. The van der Waals surface area contributed by atoms with Crippen LogP contribution in [-0.2, 0) is 9.53 Å². The number of hydrogen-bond donors (Lipinski definition) is 2. The first-order valence-corrected chi connectivity index (χ1v) is 5.62. The lowest BCUT2D eigenvalue weighted by Gasteiger charge is -2.23. The number of aliphatic hydroxyl groups excluding tert-OH is 1. The monoisotopic (exact) mass is 259 g/mol. The number of nitrogens with one attached hydrogen (secondary N) is 1. The van der Waals surface area contributed by atoms with E-state index < -0.39 is 18.5 Å². The van der Waals surface area contributed by atoms with E-state index in [9.17, 15) is 9.18 Å². The number of ether oxygens (including phenoxy) is 1. The van der Waals surface area contributed by atoms with Gasteiger partial charge in [-0.3, -0.25) is 4.79 Å². The van der Waals surface area contributed by atoms with Gasteiger partial charge in [-0.1, -0.05) is 0 Å². The third-order valence-corrected chi connectivity index (χ3v) is 2.65. The van der Waals surface area contributed by atoms with Crippen LogP contribution < -0.4 is 5.32 Å². The van der Waals surface area contributed by atoms with Crippen LogP contribution >= 0.6 is 0 Å². The van der Waals surface area contributed by atoms with Crippen LogP contribution in [0.2, 0.25) is 0 Å². The first kappa shape index (κ1) is 14.6. The van der Waals surface area contributed by atoms with Crippen LogP contribution in [0.1, 0.15) is 6.42 Å². The minimum absolute atomic E-state index is 0.181. The van der Waals surface area contributed by atoms with Gasteiger partial charge in [0.1, 0.15) is 12.0 Å². The lowest BCUT2D eigenvalue weighted by atomic mass is 10.2. The van der Waals surface area contributed by atoms with E-state index in [1.807, 2.05) is 0 Å². The van der Waals surface area contributed by atoms with Crippen molar-refractivity contribution in [2.75, 3.05) is 20.7 Å². The molecular weight excluding hydrogens is 241 g/mol. The fourth-order valence-corrected chi connectivity index (χ4v) is 1.69. The number of hydrogen-bond acceptors (Lipinski definition) is 4. The maximum Gasteiger partial charge on any atom is 0.234 e. The number of amides is 1. The molecule has 0 radical (unpaired) electrons. The summed E-state index contributed by atoms with van der Waals surface area (Å²) in [5.41, 5.74) is 0. The highest BCUT2D eigenvalue weighted by molar-refractivity contribution is 5.96. The largest absolute Gasteiger partial charge is 0.394 e. The predicted octanol–water partition coefficient (Wildman–Crippen LogP) is -0.348. The Morgan fingerprint density at radius 3 is 2.94 bits per heavy atom. The lowest BCUT2D eigenvalue weighted by Crippen LogP contribution is -2.34. The Balaban J connectivity index is 2.59. The van der Waals surface area contributed by atoms with Crippen molar-refractivity contribution in [3.8, 4) is 0 Å². The van der Waals surface area contributed by atoms with E-state index in [0.29, 0.717) is 12.2 Å². The molecule has 3 atom stereocenters. The molecule has 1 fully saturated rings. The van der Waals surface area contributed by atoms with Crippen LogP contribution in [0.4, 0.5) is 4.39 Å². The summed E-state index contributed by atoms with van der Waals surface area (Å²) in [5, 5.41) is 11.6. The molecule has 0 saturated carbocycles. The minimum atomic E-state index is -1.15. The Kier molecular flexibility index (Phi) is 5.73. The number of carbonyl (C=O) groups is 1. The fourth-order valence-electron chi connectivity index (χ4n) is 1.69. The molecule has 18 heavy (non-hydrogen) atoms. The average Bonchev–Trinajstić information content (AvgIpc) is 2.75. The summed E-state index contributed by atoms with van der Waals surface area (Å²) in [4.78, 5) is 15.3. The van der Waals surface area contributed by atoms with E-state index in [1.54, 1.807) is 20.3 Å². The van der Waals surface area contributed by atoms with E-state index in [4.69, 9.17) is 9.84 Å². The molecule has 1 heterocycles. The van der Waals surface area contributed by atoms with Crippen LogP contribution in [0.15, 0.2) is 17.3 Å². The van der Waals surface area contributed by atoms with Gasteiger partial charge in [-0.05, 0) is 6.08 Å². The number of aliphatic hydroxyl groups is 1. The van der Waals surface area contributed by atoms with Crippen molar-refractivity contribution in [2.24, 2.45) is 4.99 Å². The zero-order valence-electron chi connectivity index (χ0n) is 10.4. The summed E-state index contributed by atoms with van der Waals surface area (Å²) in [5.74, 6) is 0.365. The topological polar surface area (TPSA) is 74.2 Å². The van der Waals surface area contributed by atoms with Crippen LogP contribution in [-0.4, -0.2) is 61.5 Å². The van der Waals surface area contributed by atoms with Gasteiger partial charge in [0.25, 0.3) is 0 Å². The molecule has 1 amide bonds. The maximum absolute atomic E-state index is 13.6. The fraction of sp³-hybridized carbons (Fsp3) is 0.636. The first-order chi connectivity index (χ1) is 8.62. The molecule has 0 aromatic heterocycles. The molecule has 2 N–H and O–H groups in total. The van der Waals surface area contributed by atoms with Crippen molar-refractivity contribution in [1.82, 2.24) is 10.2 Å². The highest BCUT2D eigenvalue weighted by atomic mass is 19.1. The molecule has 0 aliphatic carbocycles. The van der Waals surface area contributed by atoms with Gasteiger partial charge in [0, 0.05) is 26.7 Å². The number of aliphatic imine (C=N–C) groups is 1. The van der Waals surface area contributed by atoms with E-state index in [2.05, 4.69) is 10.3 Å². The van der Waals surface area contributed by atoms with Gasteiger partial charge in [-0.15, -0.1) is 0 Å². The van der Waals surface area contributed by atoms with Gasteiger partial charge in [0.2, 0.25) is 6.41 Å². The highest BCUT2D eigenvalue weighted by Crippen LogP contribution is 2.25. The molecule has 3 unspecified atom stereocenters. The summed E-state index contributed by atoms with van der Waals surface area (Å²) in [6.45, 7) is -0.192. The molecule has 1 saturated heterocycles. The molecular formula is C11H18FN3O3. The summed E-state index contributed by atoms with van der Waals surface area (Å²) in [6, 6.07) is 0. The Morgan fingerprint density at radius 1 is 1.72 bits per heavy atom. The molecule has 1 aliphatic heterocycles. The summed E-state index contributed by atoms with van der Waals surface area (Å²) >= 11 is 0. The van der Waals surface area contributed by atoms with Crippen molar-refractivity contribution >= 4 is 12.2 Å².